The van der Waals surface area contributed by atoms with E-state index >= 15 is 0 Å². The molecule has 1 aliphatic rings. The molecule has 0 aromatic rings. The molecule has 0 spiro atoms. The third-order valence-corrected chi connectivity index (χ3v) is 5.70. The van der Waals surface area contributed by atoms with Crippen LogP contribution in [0.15, 0.2) is 0 Å². The lowest BCUT2D eigenvalue weighted by Gasteiger charge is -2.37. The summed E-state index contributed by atoms with van der Waals surface area (Å²) in [7, 11) is -3.44. The minimum Gasteiger partial charge on any atom is -0.480 e. The zero-order valence-electron chi connectivity index (χ0n) is 12.0. The van der Waals surface area contributed by atoms with E-state index in [1.165, 1.54) is 6.92 Å². The molecule has 0 bridgehead atoms. The fraction of sp³-hybridized carbons (Fsp3) is 0.846. The number of sulfone groups is 1. The van der Waals surface area contributed by atoms with Crippen LogP contribution < -0.4 is 5.32 Å². The average Bonchev–Trinajstić information content (AvgIpc) is 2.38. The minimum absolute atomic E-state index is 0.127. The Hall–Kier alpha value is -1.11. The van der Waals surface area contributed by atoms with Gasteiger partial charge in [0.2, 0.25) is 5.91 Å². The highest BCUT2D eigenvalue weighted by Crippen LogP contribution is 2.34. The van der Waals surface area contributed by atoms with Crippen LogP contribution in [-0.4, -0.2) is 42.4 Å². The van der Waals surface area contributed by atoms with Gasteiger partial charge in [0.15, 0.2) is 9.84 Å². The van der Waals surface area contributed by atoms with Gasteiger partial charge >= 0.3 is 5.97 Å². The summed E-state index contributed by atoms with van der Waals surface area (Å²) in [5.41, 5.74) is -1.30. The summed E-state index contributed by atoms with van der Waals surface area (Å²) in [5.74, 6) is -2.08. The van der Waals surface area contributed by atoms with E-state index in [0.717, 1.165) is 19.3 Å². The summed E-state index contributed by atoms with van der Waals surface area (Å²) in [4.78, 5) is 23.3. The van der Waals surface area contributed by atoms with Gasteiger partial charge in [0.25, 0.3) is 0 Å². The Balaban J connectivity index is 2.74. The first kappa shape index (κ1) is 16.9. The van der Waals surface area contributed by atoms with E-state index in [2.05, 4.69) is 12.2 Å². The van der Waals surface area contributed by atoms with Crippen molar-refractivity contribution in [3.63, 3.8) is 0 Å². The maximum absolute atomic E-state index is 11.8. The van der Waals surface area contributed by atoms with Gasteiger partial charge in [0.05, 0.1) is 0 Å². The van der Waals surface area contributed by atoms with Gasteiger partial charge in [0, 0.05) is 5.75 Å². The number of carboxylic acid groups (broad SMARTS) is 1. The molecule has 0 aromatic heterocycles. The van der Waals surface area contributed by atoms with Gasteiger partial charge in [-0.3, -0.25) is 4.79 Å². The standard InChI is InChI=1S/C13H23NO5S/c1-3-10-5-7-13(8-6-10,12(16)17)14-11(15)9-20(18,19)4-2/h10H,3-9H2,1-2H3,(H,14,15)(H,16,17). The lowest BCUT2D eigenvalue weighted by molar-refractivity contribution is -0.149. The van der Waals surface area contributed by atoms with Crippen molar-refractivity contribution in [1.82, 2.24) is 5.32 Å². The molecule has 1 rings (SSSR count). The van der Waals surface area contributed by atoms with Crippen LogP contribution >= 0.6 is 0 Å². The molecule has 1 fully saturated rings. The Morgan fingerprint density at radius 3 is 2.20 bits per heavy atom. The second kappa shape index (κ2) is 6.56. The first-order valence-corrected chi connectivity index (χ1v) is 8.81. The Labute approximate surface area is 119 Å². The van der Waals surface area contributed by atoms with Gasteiger partial charge in [-0.15, -0.1) is 0 Å². The van der Waals surface area contributed by atoms with Crippen molar-refractivity contribution < 1.29 is 23.1 Å². The van der Waals surface area contributed by atoms with E-state index < -0.39 is 33.0 Å². The number of carbonyl (C=O) groups is 2. The van der Waals surface area contributed by atoms with Crippen molar-refractivity contribution in [2.45, 2.75) is 51.5 Å². The van der Waals surface area contributed by atoms with E-state index in [-0.39, 0.29) is 5.75 Å². The van der Waals surface area contributed by atoms with Crippen LogP contribution in [0.3, 0.4) is 0 Å². The van der Waals surface area contributed by atoms with E-state index in [0.29, 0.717) is 18.8 Å². The van der Waals surface area contributed by atoms with Crippen molar-refractivity contribution in [2.75, 3.05) is 11.5 Å². The van der Waals surface area contributed by atoms with Gasteiger partial charge < -0.3 is 10.4 Å². The Morgan fingerprint density at radius 1 is 1.25 bits per heavy atom. The maximum Gasteiger partial charge on any atom is 0.329 e. The molecule has 1 amide bonds. The topological polar surface area (TPSA) is 101 Å². The minimum atomic E-state index is -3.44. The van der Waals surface area contributed by atoms with Gasteiger partial charge in [-0.2, -0.15) is 0 Å². The van der Waals surface area contributed by atoms with Crippen LogP contribution in [0.5, 0.6) is 0 Å². The number of carbonyl (C=O) groups excluding carboxylic acids is 1. The zero-order chi connectivity index (χ0) is 15.4. The molecule has 20 heavy (non-hydrogen) atoms. The van der Waals surface area contributed by atoms with Crippen LogP contribution in [-0.2, 0) is 19.4 Å². The molecule has 116 valence electrons. The molecule has 1 aliphatic carbocycles. The van der Waals surface area contributed by atoms with E-state index in [1.54, 1.807) is 0 Å². The van der Waals surface area contributed by atoms with Crippen LogP contribution in [0, 0.1) is 5.92 Å². The molecule has 1 saturated carbocycles. The van der Waals surface area contributed by atoms with Gasteiger partial charge in [-0.1, -0.05) is 20.3 Å². The molecule has 0 radical (unpaired) electrons. The predicted octanol–water partition coefficient (Wildman–Crippen LogP) is 0.961. The van der Waals surface area contributed by atoms with Gasteiger partial charge in [0.1, 0.15) is 11.3 Å². The van der Waals surface area contributed by atoms with Crippen molar-refractivity contribution in [2.24, 2.45) is 5.92 Å². The summed E-state index contributed by atoms with van der Waals surface area (Å²) in [5, 5.41) is 11.8. The van der Waals surface area contributed by atoms with Crippen molar-refractivity contribution in [3.05, 3.63) is 0 Å². The number of hydrogen-bond donors (Lipinski definition) is 2. The number of aliphatic carboxylic acids is 1. The Bertz CT molecular complexity index is 463. The first-order valence-electron chi connectivity index (χ1n) is 6.99. The monoisotopic (exact) mass is 305 g/mol. The number of hydrogen-bond acceptors (Lipinski definition) is 4. The van der Waals surface area contributed by atoms with E-state index in [4.69, 9.17) is 0 Å². The number of amides is 1. The van der Waals surface area contributed by atoms with Crippen LogP contribution in [0.25, 0.3) is 0 Å². The summed E-state index contributed by atoms with van der Waals surface area (Å²) in [6.07, 6.45) is 3.19. The van der Waals surface area contributed by atoms with Gasteiger partial charge in [-0.25, -0.2) is 13.2 Å². The molecule has 0 unspecified atom stereocenters. The second-order valence-corrected chi connectivity index (χ2v) is 7.82. The third kappa shape index (κ3) is 4.19. The summed E-state index contributed by atoms with van der Waals surface area (Å²) >= 11 is 0. The fourth-order valence-corrected chi connectivity index (χ4v) is 3.25. The van der Waals surface area contributed by atoms with Crippen molar-refractivity contribution in [1.29, 1.82) is 0 Å². The largest absolute Gasteiger partial charge is 0.480 e. The number of nitrogens with one attached hydrogen (secondary N) is 1. The molecular weight excluding hydrogens is 282 g/mol. The fourth-order valence-electron chi connectivity index (χ4n) is 2.58. The quantitative estimate of drug-likeness (QED) is 0.761. The first-order chi connectivity index (χ1) is 9.24. The van der Waals surface area contributed by atoms with Crippen LogP contribution in [0.4, 0.5) is 0 Å². The van der Waals surface area contributed by atoms with Gasteiger partial charge in [-0.05, 0) is 31.6 Å². The van der Waals surface area contributed by atoms with Crippen LogP contribution in [0.1, 0.15) is 46.0 Å². The molecule has 0 aliphatic heterocycles. The van der Waals surface area contributed by atoms with Crippen molar-refractivity contribution in [3.8, 4) is 0 Å². The number of rotatable bonds is 6. The summed E-state index contributed by atoms with van der Waals surface area (Å²) < 4.78 is 22.8. The highest BCUT2D eigenvalue weighted by atomic mass is 32.2. The highest BCUT2D eigenvalue weighted by Gasteiger charge is 2.43. The van der Waals surface area contributed by atoms with E-state index in [9.17, 15) is 23.1 Å². The molecule has 7 heteroatoms. The summed E-state index contributed by atoms with van der Waals surface area (Å²) in [6.45, 7) is 3.52. The molecule has 0 heterocycles. The Morgan fingerprint density at radius 2 is 1.80 bits per heavy atom. The molecule has 0 saturated heterocycles. The normalized spacial score (nSPS) is 27.0. The Kier molecular flexibility index (Phi) is 5.56. The molecule has 0 aromatic carbocycles. The molecular formula is C13H23NO5S. The molecule has 2 N–H and O–H groups in total. The summed E-state index contributed by atoms with van der Waals surface area (Å²) in [6, 6.07) is 0. The highest BCUT2D eigenvalue weighted by molar-refractivity contribution is 7.92. The zero-order valence-corrected chi connectivity index (χ0v) is 12.8. The second-order valence-electron chi connectivity index (χ2n) is 5.46. The SMILES string of the molecule is CCC1CCC(NC(=O)CS(=O)(=O)CC)(C(=O)O)CC1. The average molecular weight is 305 g/mol. The molecule has 0 atom stereocenters. The smallest absolute Gasteiger partial charge is 0.329 e. The predicted molar refractivity (Wildman–Crippen MR) is 75.1 cm³/mol. The van der Waals surface area contributed by atoms with Crippen molar-refractivity contribution >= 4 is 21.7 Å². The number of carboxylic acids is 1. The maximum atomic E-state index is 11.8. The molecule has 6 nitrogen and oxygen atoms in total. The van der Waals surface area contributed by atoms with Crippen LogP contribution in [0.2, 0.25) is 0 Å². The third-order valence-electron chi connectivity index (χ3n) is 4.11. The van der Waals surface area contributed by atoms with E-state index in [1.807, 2.05) is 0 Å². The lowest BCUT2D eigenvalue weighted by Crippen LogP contribution is -2.57. The lowest BCUT2D eigenvalue weighted by atomic mass is 9.75.